The third kappa shape index (κ3) is 4.51. The minimum absolute atomic E-state index is 0.00248. The second kappa shape index (κ2) is 6.29. The number of imide groups is 1. The highest BCUT2D eigenvalue weighted by Gasteiger charge is 2.26. The Morgan fingerprint density at radius 2 is 2.00 bits per heavy atom. The van der Waals surface area contributed by atoms with Gasteiger partial charge >= 0.3 is 12.0 Å². The fourth-order valence-corrected chi connectivity index (χ4v) is 1.44. The van der Waals surface area contributed by atoms with Crippen LogP contribution >= 0.6 is 0 Å². The summed E-state index contributed by atoms with van der Waals surface area (Å²) in [6.07, 6.45) is 3.41. The van der Waals surface area contributed by atoms with Crippen molar-refractivity contribution < 1.29 is 19.1 Å². The number of amides is 3. The second-order valence-electron chi connectivity index (χ2n) is 4.83. The molecule has 0 bridgehead atoms. The fourth-order valence-electron chi connectivity index (χ4n) is 1.44. The lowest BCUT2D eigenvalue weighted by atomic mass is 10.3. The molecule has 2 N–H and O–H groups in total. The lowest BCUT2D eigenvalue weighted by molar-refractivity contribution is -0.127. The van der Waals surface area contributed by atoms with E-state index >= 15 is 0 Å². The molecule has 112 valence electrons. The van der Waals surface area contributed by atoms with Gasteiger partial charge in [-0.2, -0.15) is 0 Å². The van der Waals surface area contributed by atoms with Crippen LogP contribution in [0.1, 0.15) is 35.9 Å². The van der Waals surface area contributed by atoms with Crippen molar-refractivity contribution >= 4 is 17.9 Å². The van der Waals surface area contributed by atoms with Crippen LogP contribution in [0.25, 0.3) is 0 Å². The number of nitrogens with one attached hydrogen (secondary N) is 2. The summed E-state index contributed by atoms with van der Waals surface area (Å²) in [7, 11) is 0. The molecule has 8 nitrogen and oxygen atoms in total. The van der Waals surface area contributed by atoms with Crippen molar-refractivity contribution in [1.82, 2.24) is 20.6 Å². The minimum Gasteiger partial charge on any atom is -0.448 e. The number of aromatic nitrogens is 2. The van der Waals surface area contributed by atoms with Crippen molar-refractivity contribution in [3.63, 3.8) is 0 Å². The molecular formula is C13H16N4O4. The van der Waals surface area contributed by atoms with Crippen LogP contribution in [-0.2, 0) is 9.53 Å². The first kappa shape index (κ1) is 14.9. The van der Waals surface area contributed by atoms with Gasteiger partial charge in [-0.15, -0.1) is 0 Å². The maximum Gasteiger partial charge on any atom is 0.359 e. The first-order valence-electron chi connectivity index (χ1n) is 6.56. The van der Waals surface area contributed by atoms with Crippen molar-refractivity contribution in [2.75, 3.05) is 0 Å². The number of ether oxygens (including phenoxy) is 1. The maximum absolute atomic E-state index is 11.7. The van der Waals surface area contributed by atoms with Crippen molar-refractivity contribution in [2.45, 2.75) is 38.8 Å². The molecule has 0 saturated heterocycles. The molecule has 1 aliphatic rings. The van der Waals surface area contributed by atoms with E-state index in [1.54, 1.807) is 6.92 Å². The number of urea groups is 1. The van der Waals surface area contributed by atoms with Gasteiger partial charge in [-0.1, -0.05) is 0 Å². The predicted octanol–water partition coefficient (Wildman–Crippen LogP) is 0.319. The summed E-state index contributed by atoms with van der Waals surface area (Å²) in [6, 6.07) is -0.445. The van der Waals surface area contributed by atoms with Gasteiger partial charge in [-0.05, 0) is 26.7 Å². The highest BCUT2D eigenvalue weighted by atomic mass is 16.5. The number of rotatable bonds is 4. The third-order valence-corrected chi connectivity index (χ3v) is 2.79. The van der Waals surface area contributed by atoms with Crippen LogP contribution in [0.15, 0.2) is 12.4 Å². The number of hydrogen-bond donors (Lipinski definition) is 2. The predicted molar refractivity (Wildman–Crippen MR) is 71.3 cm³/mol. The van der Waals surface area contributed by atoms with Crippen LogP contribution in [0.2, 0.25) is 0 Å². The molecule has 1 heterocycles. The topological polar surface area (TPSA) is 110 Å². The van der Waals surface area contributed by atoms with E-state index < -0.39 is 24.0 Å². The number of hydrogen-bond acceptors (Lipinski definition) is 6. The lowest BCUT2D eigenvalue weighted by Crippen LogP contribution is -2.45. The molecule has 1 saturated carbocycles. The standard InChI is InChI=1S/C13H16N4O4/c1-7-5-15-10(6-14-7)12(19)21-8(2)11(18)17-13(20)16-9-3-4-9/h5-6,8-9H,3-4H2,1-2H3,(H2,16,17,18,20). The molecule has 21 heavy (non-hydrogen) atoms. The zero-order valence-corrected chi connectivity index (χ0v) is 11.8. The monoisotopic (exact) mass is 292 g/mol. The number of nitrogens with zero attached hydrogens (tertiary/aromatic N) is 2. The highest BCUT2D eigenvalue weighted by molar-refractivity contribution is 5.98. The summed E-state index contributed by atoms with van der Waals surface area (Å²) in [5.41, 5.74) is 0.664. The Morgan fingerprint density at radius 1 is 1.29 bits per heavy atom. The van der Waals surface area contributed by atoms with E-state index in [9.17, 15) is 14.4 Å². The van der Waals surface area contributed by atoms with Gasteiger partial charge in [-0.3, -0.25) is 15.1 Å². The molecule has 8 heteroatoms. The Hall–Kier alpha value is -2.51. The summed E-state index contributed by atoms with van der Waals surface area (Å²) < 4.78 is 4.93. The summed E-state index contributed by atoms with van der Waals surface area (Å²) in [4.78, 5) is 42.6. The van der Waals surface area contributed by atoms with E-state index in [0.717, 1.165) is 12.8 Å². The van der Waals surface area contributed by atoms with Gasteiger partial charge in [0.05, 0.1) is 11.9 Å². The van der Waals surface area contributed by atoms with E-state index in [0.29, 0.717) is 5.69 Å². The maximum atomic E-state index is 11.7. The average molecular weight is 292 g/mol. The Bertz CT molecular complexity index is 554. The van der Waals surface area contributed by atoms with E-state index in [4.69, 9.17) is 4.74 Å². The summed E-state index contributed by atoms with van der Waals surface area (Å²) in [5.74, 6) is -1.46. The summed E-state index contributed by atoms with van der Waals surface area (Å²) in [5, 5.41) is 4.71. The van der Waals surface area contributed by atoms with Gasteiger partial charge in [0, 0.05) is 12.2 Å². The van der Waals surface area contributed by atoms with Gasteiger partial charge in [-0.25, -0.2) is 14.6 Å². The first-order valence-corrected chi connectivity index (χ1v) is 6.56. The number of aryl methyl sites for hydroxylation is 1. The van der Waals surface area contributed by atoms with Crippen LogP contribution in [0.5, 0.6) is 0 Å². The van der Waals surface area contributed by atoms with E-state index in [1.165, 1.54) is 19.3 Å². The Balaban J connectivity index is 1.83. The molecular weight excluding hydrogens is 276 g/mol. The van der Waals surface area contributed by atoms with E-state index in [-0.39, 0.29) is 11.7 Å². The molecule has 1 aromatic rings. The zero-order chi connectivity index (χ0) is 15.4. The molecule has 0 spiro atoms. The molecule has 3 amide bonds. The van der Waals surface area contributed by atoms with Crippen LogP contribution < -0.4 is 10.6 Å². The smallest absolute Gasteiger partial charge is 0.359 e. The van der Waals surface area contributed by atoms with E-state index in [1.807, 2.05) is 0 Å². The molecule has 0 aliphatic heterocycles. The minimum atomic E-state index is -1.11. The molecule has 1 fully saturated rings. The SMILES string of the molecule is Cc1cnc(C(=O)OC(C)C(=O)NC(=O)NC2CC2)cn1. The van der Waals surface area contributed by atoms with Crippen LogP contribution in [0.4, 0.5) is 4.79 Å². The van der Waals surface area contributed by atoms with Crippen molar-refractivity contribution in [3.8, 4) is 0 Å². The van der Waals surface area contributed by atoms with Crippen molar-refractivity contribution in [1.29, 1.82) is 0 Å². The molecule has 1 unspecified atom stereocenters. The van der Waals surface area contributed by atoms with Gasteiger partial charge < -0.3 is 10.1 Å². The Labute approximate surface area is 121 Å². The quantitative estimate of drug-likeness (QED) is 0.773. The zero-order valence-electron chi connectivity index (χ0n) is 11.8. The number of carbonyl (C=O) groups excluding carboxylic acids is 3. The molecule has 1 aromatic heterocycles. The van der Waals surface area contributed by atoms with Gasteiger partial charge in [0.1, 0.15) is 0 Å². The Kier molecular flexibility index (Phi) is 4.46. The second-order valence-corrected chi connectivity index (χ2v) is 4.83. The number of esters is 1. The van der Waals surface area contributed by atoms with Crippen molar-refractivity contribution in [2.24, 2.45) is 0 Å². The normalized spacial score (nSPS) is 15.0. The van der Waals surface area contributed by atoms with Gasteiger partial charge in [0.2, 0.25) is 0 Å². The lowest BCUT2D eigenvalue weighted by Gasteiger charge is -2.12. The first-order chi connectivity index (χ1) is 9.95. The molecule has 1 aliphatic carbocycles. The third-order valence-electron chi connectivity index (χ3n) is 2.79. The summed E-state index contributed by atoms with van der Waals surface area (Å²) in [6.45, 7) is 3.11. The highest BCUT2D eigenvalue weighted by Crippen LogP contribution is 2.18. The van der Waals surface area contributed by atoms with Crippen LogP contribution in [0, 0.1) is 6.92 Å². The molecule has 0 aromatic carbocycles. The average Bonchev–Trinajstić information content (AvgIpc) is 3.22. The van der Waals surface area contributed by atoms with Crippen LogP contribution in [0.3, 0.4) is 0 Å². The summed E-state index contributed by atoms with van der Waals surface area (Å²) >= 11 is 0. The largest absolute Gasteiger partial charge is 0.448 e. The molecule has 0 radical (unpaired) electrons. The fraction of sp³-hybridized carbons (Fsp3) is 0.462. The van der Waals surface area contributed by atoms with E-state index in [2.05, 4.69) is 20.6 Å². The van der Waals surface area contributed by atoms with Crippen LogP contribution in [-0.4, -0.2) is 40.0 Å². The van der Waals surface area contributed by atoms with Crippen molar-refractivity contribution in [3.05, 3.63) is 23.8 Å². The number of carbonyl (C=O) groups is 3. The molecule has 2 rings (SSSR count). The molecule has 1 atom stereocenters. The van der Waals surface area contributed by atoms with Gasteiger partial charge in [0.15, 0.2) is 11.8 Å². The Morgan fingerprint density at radius 3 is 2.57 bits per heavy atom. The van der Waals surface area contributed by atoms with Gasteiger partial charge in [0.25, 0.3) is 5.91 Å².